The third-order valence-corrected chi connectivity index (χ3v) is 4.97. The Hall–Kier alpha value is -3.74. The zero-order valence-corrected chi connectivity index (χ0v) is 16.1. The van der Waals surface area contributed by atoms with E-state index in [0.717, 1.165) is 16.8 Å². The number of hydrogen-bond donors (Lipinski definition) is 2. The Balaban J connectivity index is 1.68. The molecule has 0 radical (unpaired) electrons. The molecular weight excluding hydrogens is 368 g/mol. The van der Waals surface area contributed by atoms with E-state index in [1.54, 1.807) is 28.9 Å². The summed E-state index contributed by atoms with van der Waals surface area (Å²) >= 11 is 0. The fourth-order valence-corrected chi connectivity index (χ4v) is 3.45. The maximum absolute atomic E-state index is 13.0. The number of carbonyl (C=O) groups is 3. The molecule has 3 aromatic rings. The molecule has 0 saturated carbocycles. The van der Waals surface area contributed by atoms with E-state index in [0.29, 0.717) is 17.1 Å². The molecule has 2 aromatic carbocycles. The van der Waals surface area contributed by atoms with Gasteiger partial charge in [0, 0.05) is 22.4 Å². The van der Waals surface area contributed by atoms with Gasteiger partial charge >= 0.3 is 0 Å². The molecule has 0 unspecified atom stereocenters. The number of rotatable bonds is 4. The van der Waals surface area contributed by atoms with E-state index < -0.39 is 6.04 Å². The van der Waals surface area contributed by atoms with Gasteiger partial charge < -0.3 is 10.6 Å². The Morgan fingerprint density at radius 2 is 1.90 bits per heavy atom. The molecule has 0 saturated heterocycles. The van der Waals surface area contributed by atoms with E-state index in [4.69, 9.17) is 0 Å². The molecule has 2 amide bonds. The molecule has 1 aromatic heterocycles. The summed E-state index contributed by atoms with van der Waals surface area (Å²) in [6.45, 7) is 3.34. The van der Waals surface area contributed by atoms with Crippen LogP contribution in [-0.2, 0) is 9.59 Å². The number of aromatic nitrogens is 2. The molecule has 0 fully saturated rings. The lowest BCUT2D eigenvalue weighted by Crippen LogP contribution is -2.36. The lowest BCUT2D eigenvalue weighted by molar-refractivity contribution is -0.125. The molecule has 29 heavy (non-hydrogen) atoms. The SMILES string of the molecule is CC(=O)c1cccc(NC(=O)[C@H]2CC(=O)Nc3c(C)c(-c4ccccc4)nn32)c1. The normalized spacial score (nSPS) is 15.4. The van der Waals surface area contributed by atoms with Crippen LogP contribution in [0.1, 0.15) is 35.3 Å². The Morgan fingerprint density at radius 1 is 1.14 bits per heavy atom. The number of anilines is 2. The smallest absolute Gasteiger partial charge is 0.249 e. The second kappa shape index (κ2) is 7.35. The third kappa shape index (κ3) is 3.54. The van der Waals surface area contributed by atoms with Gasteiger partial charge in [0.15, 0.2) is 5.78 Å². The first-order valence-electron chi connectivity index (χ1n) is 9.30. The summed E-state index contributed by atoms with van der Waals surface area (Å²) in [5.41, 5.74) is 3.45. The molecule has 0 aliphatic carbocycles. The van der Waals surface area contributed by atoms with Gasteiger partial charge in [-0.25, -0.2) is 4.68 Å². The number of Topliss-reactive ketones (excluding diaryl/α,β-unsaturated/α-hetero) is 1. The summed E-state index contributed by atoms with van der Waals surface area (Å²) < 4.78 is 1.57. The van der Waals surface area contributed by atoms with Gasteiger partial charge in [-0.2, -0.15) is 5.10 Å². The Labute approximate surface area is 167 Å². The highest BCUT2D eigenvalue weighted by molar-refractivity contribution is 6.02. The zero-order valence-electron chi connectivity index (χ0n) is 16.1. The van der Waals surface area contributed by atoms with Gasteiger partial charge in [-0.05, 0) is 26.0 Å². The first kappa shape index (κ1) is 18.6. The Bertz CT molecular complexity index is 1120. The number of nitrogens with zero attached hydrogens (tertiary/aromatic N) is 2. The van der Waals surface area contributed by atoms with Crippen molar-refractivity contribution in [1.29, 1.82) is 0 Å². The van der Waals surface area contributed by atoms with Crippen LogP contribution in [0, 0.1) is 6.92 Å². The van der Waals surface area contributed by atoms with E-state index in [2.05, 4.69) is 15.7 Å². The van der Waals surface area contributed by atoms with Crippen LogP contribution in [0.5, 0.6) is 0 Å². The standard InChI is InChI=1S/C22H20N4O3/c1-13-20(15-7-4-3-5-8-15)25-26-18(12-19(28)24-21(13)26)22(29)23-17-10-6-9-16(11-17)14(2)27/h3-11,18H,12H2,1-2H3,(H,23,29)(H,24,28)/t18-/m1/s1. The third-order valence-electron chi connectivity index (χ3n) is 4.97. The van der Waals surface area contributed by atoms with Gasteiger partial charge in [-0.3, -0.25) is 14.4 Å². The van der Waals surface area contributed by atoms with Crippen LogP contribution < -0.4 is 10.6 Å². The molecule has 0 bridgehead atoms. The Morgan fingerprint density at radius 3 is 2.62 bits per heavy atom. The van der Waals surface area contributed by atoms with Crippen molar-refractivity contribution in [2.24, 2.45) is 0 Å². The fourth-order valence-electron chi connectivity index (χ4n) is 3.45. The quantitative estimate of drug-likeness (QED) is 0.668. The largest absolute Gasteiger partial charge is 0.324 e. The van der Waals surface area contributed by atoms with Crippen LogP contribution in [-0.4, -0.2) is 27.4 Å². The molecule has 1 aliphatic rings. The maximum atomic E-state index is 13.0. The number of amides is 2. The van der Waals surface area contributed by atoms with Crippen LogP contribution in [0.3, 0.4) is 0 Å². The van der Waals surface area contributed by atoms with Crippen LogP contribution in [0.2, 0.25) is 0 Å². The highest BCUT2D eigenvalue weighted by Gasteiger charge is 2.34. The van der Waals surface area contributed by atoms with Crippen molar-refractivity contribution in [1.82, 2.24) is 9.78 Å². The predicted octanol–water partition coefficient (Wildman–Crippen LogP) is 3.58. The van der Waals surface area contributed by atoms with Gasteiger partial charge in [0.05, 0.1) is 12.1 Å². The summed E-state index contributed by atoms with van der Waals surface area (Å²) in [7, 11) is 0. The molecular formula is C22H20N4O3. The Kier molecular flexibility index (Phi) is 4.72. The average molecular weight is 388 g/mol. The molecule has 2 N–H and O–H groups in total. The molecule has 146 valence electrons. The number of carbonyl (C=O) groups excluding carboxylic acids is 3. The average Bonchev–Trinajstić information content (AvgIpc) is 3.04. The minimum absolute atomic E-state index is 0.0133. The maximum Gasteiger partial charge on any atom is 0.249 e. The van der Waals surface area contributed by atoms with Gasteiger partial charge in [0.25, 0.3) is 0 Å². The monoisotopic (exact) mass is 388 g/mol. The number of fused-ring (bicyclic) bond motifs is 1. The summed E-state index contributed by atoms with van der Waals surface area (Å²) in [6, 6.07) is 15.6. The molecule has 0 spiro atoms. The van der Waals surface area contributed by atoms with Crippen LogP contribution in [0.25, 0.3) is 11.3 Å². The molecule has 1 atom stereocenters. The summed E-state index contributed by atoms with van der Waals surface area (Å²) in [4.78, 5) is 36.8. The molecule has 7 nitrogen and oxygen atoms in total. The number of nitrogens with one attached hydrogen (secondary N) is 2. The highest BCUT2D eigenvalue weighted by atomic mass is 16.2. The molecule has 7 heteroatoms. The van der Waals surface area contributed by atoms with Crippen LogP contribution in [0.15, 0.2) is 54.6 Å². The topological polar surface area (TPSA) is 93.1 Å². The van der Waals surface area contributed by atoms with Crippen molar-refractivity contribution in [3.05, 3.63) is 65.7 Å². The van der Waals surface area contributed by atoms with Gasteiger partial charge in [0.1, 0.15) is 11.9 Å². The van der Waals surface area contributed by atoms with E-state index in [1.807, 2.05) is 37.3 Å². The van der Waals surface area contributed by atoms with E-state index in [-0.39, 0.29) is 24.0 Å². The van der Waals surface area contributed by atoms with Crippen molar-refractivity contribution in [2.45, 2.75) is 26.3 Å². The number of ketones is 1. The second-order valence-electron chi connectivity index (χ2n) is 7.03. The fraction of sp³-hybridized carbons (Fsp3) is 0.182. The summed E-state index contributed by atoms with van der Waals surface area (Å²) in [5.74, 6) is -0.157. The van der Waals surface area contributed by atoms with Crippen molar-refractivity contribution in [3.63, 3.8) is 0 Å². The number of benzene rings is 2. The van der Waals surface area contributed by atoms with Crippen LogP contribution in [0.4, 0.5) is 11.5 Å². The van der Waals surface area contributed by atoms with E-state index >= 15 is 0 Å². The first-order chi connectivity index (χ1) is 13.9. The first-order valence-corrected chi connectivity index (χ1v) is 9.30. The van der Waals surface area contributed by atoms with E-state index in [1.165, 1.54) is 6.92 Å². The predicted molar refractivity (Wildman–Crippen MR) is 110 cm³/mol. The minimum Gasteiger partial charge on any atom is -0.324 e. The summed E-state index contributed by atoms with van der Waals surface area (Å²) in [5, 5.41) is 10.3. The molecule has 1 aliphatic heterocycles. The molecule has 4 rings (SSSR count). The van der Waals surface area contributed by atoms with Gasteiger partial charge in [-0.15, -0.1) is 0 Å². The second-order valence-corrected chi connectivity index (χ2v) is 7.03. The molecule has 2 heterocycles. The van der Waals surface area contributed by atoms with Gasteiger partial charge in [-0.1, -0.05) is 42.5 Å². The van der Waals surface area contributed by atoms with Crippen LogP contribution >= 0.6 is 0 Å². The van der Waals surface area contributed by atoms with Crippen molar-refractivity contribution < 1.29 is 14.4 Å². The zero-order chi connectivity index (χ0) is 20.5. The van der Waals surface area contributed by atoms with Crippen molar-refractivity contribution >= 4 is 29.1 Å². The minimum atomic E-state index is -0.782. The van der Waals surface area contributed by atoms with Crippen molar-refractivity contribution in [2.75, 3.05) is 10.6 Å². The van der Waals surface area contributed by atoms with Gasteiger partial charge in [0.2, 0.25) is 11.8 Å². The number of hydrogen-bond acceptors (Lipinski definition) is 4. The van der Waals surface area contributed by atoms with E-state index in [9.17, 15) is 14.4 Å². The highest BCUT2D eigenvalue weighted by Crippen LogP contribution is 2.34. The summed E-state index contributed by atoms with van der Waals surface area (Å²) in [6.07, 6.45) is -0.0133. The lowest BCUT2D eigenvalue weighted by Gasteiger charge is -2.24. The lowest BCUT2D eigenvalue weighted by atomic mass is 10.1. The van der Waals surface area contributed by atoms with Crippen molar-refractivity contribution in [3.8, 4) is 11.3 Å².